The van der Waals surface area contributed by atoms with Crippen molar-refractivity contribution in [3.05, 3.63) is 0 Å². The second-order valence-corrected chi connectivity index (χ2v) is 6.14. The SMILES string of the molecule is CCCCC(CCC)NC1CCOC(C)(CC)C1. The van der Waals surface area contributed by atoms with E-state index in [1.807, 2.05) is 0 Å². The van der Waals surface area contributed by atoms with Crippen LogP contribution in [-0.4, -0.2) is 24.3 Å². The molecule has 0 aromatic carbocycles. The van der Waals surface area contributed by atoms with Crippen molar-refractivity contribution in [2.75, 3.05) is 6.61 Å². The van der Waals surface area contributed by atoms with E-state index in [4.69, 9.17) is 4.74 Å². The highest BCUT2D eigenvalue weighted by molar-refractivity contribution is 4.87. The van der Waals surface area contributed by atoms with Crippen LogP contribution in [0.3, 0.4) is 0 Å². The van der Waals surface area contributed by atoms with Gasteiger partial charge in [0.1, 0.15) is 0 Å². The van der Waals surface area contributed by atoms with Gasteiger partial charge in [-0.05, 0) is 39.0 Å². The van der Waals surface area contributed by atoms with E-state index in [9.17, 15) is 0 Å². The van der Waals surface area contributed by atoms with E-state index in [0.29, 0.717) is 6.04 Å². The molecule has 0 aromatic heterocycles. The summed E-state index contributed by atoms with van der Waals surface area (Å²) in [5.74, 6) is 0. The Labute approximate surface area is 114 Å². The molecule has 0 amide bonds. The van der Waals surface area contributed by atoms with Crippen molar-refractivity contribution in [3.63, 3.8) is 0 Å². The largest absolute Gasteiger partial charge is 0.375 e. The molecule has 1 rings (SSSR count). The highest BCUT2D eigenvalue weighted by atomic mass is 16.5. The average molecular weight is 255 g/mol. The number of hydrogen-bond acceptors (Lipinski definition) is 2. The first-order valence-corrected chi connectivity index (χ1v) is 8.03. The van der Waals surface area contributed by atoms with Crippen molar-refractivity contribution >= 4 is 0 Å². The van der Waals surface area contributed by atoms with Crippen molar-refractivity contribution in [1.82, 2.24) is 5.32 Å². The molecule has 1 heterocycles. The van der Waals surface area contributed by atoms with E-state index in [-0.39, 0.29) is 5.60 Å². The molecule has 0 spiro atoms. The molecule has 1 fully saturated rings. The van der Waals surface area contributed by atoms with E-state index in [1.165, 1.54) is 44.9 Å². The monoisotopic (exact) mass is 255 g/mol. The zero-order valence-corrected chi connectivity index (χ0v) is 12.9. The molecule has 2 heteroatoms. The van der Waals surface area contributed by atoms with Crippen LogP contribution < -0.4 is 5.32 Å². The second kappa shape index (κ2) is 8.16. The van der Waals surface area contributed by atoms with Gasteiger partial charge in [-0.25, -0.2) is 0 Å². The van der Waals surface area contributed by atoms with Gasteiger partial charge in [0.15, 0.2) is 0 Å². The minimum absolute atomic E-state index is 0.109. The summed E-state index contributed by atoms with van der Waals surface area (Å²) in [6, 6.07) is 1.39. The summed E-state index contributed by atoms with van der Waals surface area (Å²) in [5.41, 5.74) is 0.109. The maximum absolute atomic E-state index is 5.93. The standard InChI is InChI=1S/C16H33NO/c1-5-8-10-14(9-6-2)17-15-11-12-18-16(4,7-3)13-15/h14-15,17H,5-13H2,1-4H3. The van der Waals surface area contributed by atoms with Crippen LogP contribution >= 0.6 is 0 Å². The lowest BCUT2D eigenvalue weighted by Crippen LogP contribution is -2.48. The van der Waals surface area contributed by atoms with Crippen LogP contribution in [0.15, 0.2) is 0 Å². The molecule has 0 radical (unpaired) electrons. The normalized spacial score (nSPS) is 30.3. The maximum Gasteiger partial charge on any atom is 0.0666 e. The topological polar surface area (TPSA) is 21.3 Å². The van der Waals surface area contributed by atoms with E-state index in [2.05, 4.69) is 33.0 Å². The van der Waals surface area contributed by atoms with Crippen molar-refractivity contribution in [3.8, 4) is 0 Å². The first-order valence-electron chi connectivity index (χ1n) is 8.03. The minimum Gasteiger partial charge on any atom is -0.375 e. The fraction of sp³-hybridized carbons (Fsp3) is 1.00. The Morgan fingerprint density at radius 3 is 2.61 bits per heavy atom. The maximum atomic E-state index is 5.93. The Hall–Kier alpha value is -0.0800. The molecule has 2 nitrogen and oxygen atoms in total. The highest BCUT2D eigenvalue weighted by Crippen LogP contribution is 2.28. The third-order valence-corrected chi connectivity index (χ3v) is 4.36. The van der Waals surface area contributed by atoms with Gasteiger partial charge in [-0.3, -0.25) is 0 Å². The van der Waals surface area contributed by atoms with Gasteiger partial charge in [-0.1, -0.05) is 40.0 Å². The van der Waals surface area contributed by atoms with Crippen LogP contribution in [-0.2, 0) is 4.74 Å². The molecule has 18 heavy (non-hydrogen) atoms. The highest BCUT2D eigenvalue weighted by Gasteiger charge is 2.32. The Kier molecular flexibility index (Phi) is 7.25. The summed E-state index contributed by atoms with van der Waals surface area (Å²) in [6.45, 7) is 10.0. The van der Waals surface area contributed by atoms with Crippen LogP contribution in [0.1, 0.15) is 79.1 Å². The summed E-state index contributed by atoms with van der Waals surface area (Å²) >= 11 is 0. The van der Waals surface area contributed by atoms with Crippen molar-refractivity contribution in [2.45, 2.75) is 96.7 Å². The number of rotatable bonds is 8. The Balaban J connectivity index is 2.42. The van der Waals surface area contributed by atoms with E-state index >= 15 is 0 Å². The van der Waals surface area contributed by atoms with E-state index in [0.717, 1.165) is 19.1 Å². The van der Waals surface area contributed by atoms with Crippen molar-refractivity contribution in [1.29, 1.82) is 0 Å². The lowest BCUT2D eigenvalue weighted by atomic mass is 9.89. The van der Waals surface area contributed by atoms with Gasteiger partial charge in [0, 0.05) is 18.7 Å². The molecule has 1 saturated heterocycles. The van der Waals surface area contributed by atoms with Gasteiger partial charge in [0.2, 0.25) is 0 Å². The molecular formula is C16H33NO. The molecule has 0 saturated carbocycles. The molecule has 0 bridgehead atoms. The molecule has 1 aliphatic rings. The van der Waals surface area contributed by atoms with E-state index < -0.39 is 0 Å². The number of unbranched alkanes of at least 4 members (excludes halogenated alkanes) is 1. The summed E-state index contributed by atoms with van der Waals surface area (Å²) in [4.78, 5) is 0. The van der Waals surface area contributed by atoms with Crippen LogP contribution in [0.5, 0.6) is 0 Å². The Bertz CT molecular complexity index is 219. The predicted octanol–water partition coefficient (Wildman–Crippen LogP) is 4.28. The lowest BCUT2D eigenvalue weighted by molar-refractivity contribution is -0.0793. The predicted molar refractivity (Wildman–Crippen MR) is 79.0 cm³/mol. The number of nitrogens with one attached hydrogen (secondary N) is 1. The summed E-state index contributed by atoms with van der Waals surface area (Å²) in [5, 5.41) is 3.90. The Morgan fingerprint density at radius 1 is 1.22 bits per heavy atom. The van der Waals surface area contributed by atoms with Gasteiger partial charge >= 0.3 is 0 Å². The zero-order valence-electron chi connectivity index (χ0n) is 12.9. The Morgan fingerprint density at radius 2 is 2.00 bits per heavy atom. The van der Waals surface area contributed by atoms with Crippen molar-refractivity contribution in [2.24, 2.45) is 0 Å². The first kappa shape index (κ1) is 16.0. The molecule has 1 aliphatic heterocycles. The molecule has 1 N–H and O–H groups in total. The number of hydrogen-bond donors (Lipinski definition) is 1. The quantitative estimate of drug-likeness (QED) is 0.699. The van der Waals surface area contributed by atoms with Crippen LogP contribution in [0.25, 0.3) is 0 Å². The zero-order chi connectivity index (χ0) is 13.4. The van der Waals surface area contributed by atoms with Crippen LogP contribution in [0, 0.1) is 0 Å². The van der Waals surface area contributed by atoms with Gasteiger partial charge in [0.05, 0.1) is 5.60 Å². The average Bonchev–Trinajstić information content (AvgIpc) is 2.36. The van der Waals surface area contributed by atoms with E-state index in [1.54, 1.807) is 0 Å². The molecule has 0 aliphatic carbocycles. The summed E-state index contributed by atoms with van der Waals surface area (Å²) in [7, 11) is 0. The van der Waals surface area contributed by atoms with Gasteiger partial charge in [0.25, 0.3) is 0 Å². The van der Waals surface area contributed by atoms with Crippen LogP contribution in [0.4, 0.5) is 0 Å². The third-order valence-electron chi connectivity index (χ3n) is 4.36. The minimum atomic E-state index is 0.109. The fourth-order valence-electron chi connectivity index (χ4n) is 2.96. The van der Waals surface area contributed by atoms with Crippen LogP contribution in [0.2, 0.25) is 0 Å². The lowest BCUT2D eigenvalue weighted by Gasteiger charge is -2.39. The van der Waals surface area contributed by atoms with Gasteiger partial charge in [-0.15, -0.1) is 0 Å². The van der Waals surface area contributed by atoms with Crippen molar-refractivity contribution < 1.29 is 4.74 Å². The molecule has 108 valence electrons. The van der Waals surface area contributed by atoms with Gasteiger partial charge in [-0.2, -0.15) is 0 Å². The fourth-order valence-corrected chi connectivity index (χ4v) is 2.96. The second-order valence-electron chi connectivity index (χ2n) is 6.14. The number of ether oxygens (including phenoxy) is 1. The first-order chi connectivity index (χ1) is 8.63. The third kappa shape index (κ3) is 5.27. The summed E-state index contributed by atoms with van der Waals surface area (Å²) < 4.78 is 5.93. The molecule has 3 atom stereocenters. The van der Waals surface area contributed by atoms with Gasteiger partial charge < -0.3 is 10.1 Å². The summed E-state index contributed by atoms with van der Waals surface area (Å²) in [6.07, 6.45) is 10.1. The molecule has 3 unspecified atom stereocenters. The molecular weight excluding hydrogens is 222 g/mol. The molecule has 0 aromatic rings. The smallest absolute Gasteiger partial charge is 0.0666 e.